The summed E-state index contributed by atoms with van der Waals surface area (Å²) in [7, 11) is 0. The van der Waals surface area contributed by atoms with E-state index in [1.54, 1.807) is 23.5 Å². The maximum atomic E-state index is 11.5. The fourth-order valence-corrected chi connectivity index (χ4v) is 2.99. The quantitative estimate of drug-likeness (QED) is 0.761. The zero-order chi connectivity index (χ0) is 13.9. The Labute approximate surface area is 118 Å². The van der Waals surface area contributed by atoms with Crippen molar-refractivity contribution in [3.05, 3.63) is 52.7 Å². The van der Waals surface area contributed by atoms with Gasteiger partial charge in [-0.1, -0.05) is 23.4 Å². The Bertz CT molecular complexity index is 735. The van der Waals surface area contributed by atoms with E-state index in [-0.39, 0.29) is 0 Å². The van der Waals surface area contributed by atoms with Gasteiger partial charge in [0.15, 0.2) is 5.82 Å². The highest BCUT2D eigenvalue weighted by molar-refractivity contribution is 7.15. The fraction of sp³-hybridized carbons (Fsp3) is 0.0769. The molecule has 0 fully saturated rings. The summed E-state index contributed by atoms with van der Waals surface area (Å²) in [6.45, 7) is 0. The number of nitrogens with zero attached hydrogens (tertiary/aromatic N) is 3. The zero-order valence-corrected chi connectivity index (χ0v) is 11.2. The molecule has 1 amide bonds. The predicted octanol–water partition coefficient (Wildman–Crippen LogP) is 1.62. The zero-order valence-electron chi connectivity index (χ0n) is 10.4. The van der Waals surface area contributed by atoms with Gasteiger partial charge in [0.2, 0.25) is 5.91 Å². The number of benzene rings is 1. The number of primary amides is 1. The molecule has 100 valence electrons. The first kappa shape index (κ1) is 12.5. The number of amides is 1. The Morgan fingerprint density at radius 1 is 1.25 bits per heavy atom. The Kier molecular flexibility index (Phi) is 3.26. The summed E-state index contributed by atoms with van der Waals surface area (Å²) in [6.07, 6.45) is 0.611. The minimum atomic E-state index is -0.422. The summed E-state index contributed by atoms with van der Waals surface area (Å²) in [4.78, 5) is 13.5. The number of rotatable bonds is 4. The second kappa shape index (κ2) is 5.22. The molecule has 0 atom stereocenters. The van der Waals surface area contributed by atoms with E-state index >= 15 is 0 Å². The van der Waals surface area contributed by atoms with E-state index in [2.05, 4.69) is 20.6 Å². The van der Waals surface area contributed by atoms with Crippen molar-refractivity contribution in [2.75, 3.05) is 0 Å². The number of H-pyrrole nitrogens is 1. The molecule has 2 heterocycles. The first-order valence-corrected chi connectivity index (χ1v) is 6.76. The van der Waals surface area contributed by atoms with Crippen LogP contribution in [0, 0.1) is 0 Å². The number of hydrogen-bond donors (Lipinski definition) is 2. The van der Waals surface area contributed by atoms with Gasteiger partial charge in [-0.05, 0) is 18.2 Å². The van der Waals surface area contributed by atoms with Gasteiger partial charge < -0.3 is 5.73 Å². The van der Waals surface area contributed by atoms with Crippen molar-refractivity contribution in [3.63, 3.8) is 0 Å². The number of aromatic amines is 1. The highest BCUT2D eigenvalue weighted by Crippen LogP contribution is 2.31. The lowest BCUT2D eigenvalue weighted by Crippen LogP contribution is -2.11. The van der Waals surface area contributed by atoms with Crippen LogP contribution in [0.15, 0.2) is 36.4 Å². The molecule has 0 saturated heterocycles. The lowest BCUT2D eigenvalue weighted by atomic mass is 10.1. The molecule has 7 heteroatoms. The smallest absolute Gasteiger partial charge is 0.249 e. The van der Waals surface area contributed by atoms with Gasteiger partial charge in [0.05, 0.1) is 0 Å². The number of nitrogens with two attached hydrogens (primary N) is 1. The number of thiophene rings is 1. The molecule has 0 saturated carbocycles. The minimum Gasteiger partial charge on any atom is -0.366 e. The molecule has 3 N–H and O–H groups in total. The number of carbonyl (C=O) groups excluding carboxylic acids is 1. The molecule has 0 radical (unpaired) electrons. The SMILES string of the molecule is NC(=O)c1ccccc1-c1ccc(Cc2nn[nH]n2)s1. The van der Waals surface area contributed by atoms with Crippen LogP contribution in [0.25, 0.3) is 10.4 Å². The number of nitrogens with one attached hydrogen (secondary N) is 1. The molecule has 0 aliphatic rings. The highest BCUT2D eigenvalue weighted by atomic mass is 32.1. The van der Waals surface area contributed by atoms with E-state index in [4.69, 9.17) is 5.73 Å². The molecular weight excluding hydrogens is 274 g/mol. The van der Waals surface area contributed by atoms with Crippen molar-refractivity contribution >= 4 is 17.2 Å². The summed E-state index contributed by atoms with van der Waals surface area (Å²) in [5.74, 6) is 0.218. The van der Waals surface area contributed by atoms with Gasteiger partial charge in [0, 0.05) is 27.3 Å². The topological polar surface area (TPSA) is 97.5 Å². The third kappa shape index (κ3) is 2.43. The van der Waals surface area contributed by atoms with Crippen LogP contribution in [0.3, 0.4) is 0 Å². The Balaban J connectivity index is 1.92. The lowest BCUT2D eigenvalue weighted by molar-refractivity contribution is 0.100. The van der Waals surface area contributed by atoms with E-state index in [9.17, 15) is 4.79 Å². The van der Waals surface area contributed by atoms with Gasteiger partial charge in [0.25, 0.3) is 0 Å². The largest absolute Gasteiger partial charge is 0.366 e. The Hall–Kier alpha value is -2.54. The molecule has 0 spiro atoms. The summed E-state index contributed by atoms with van der Waals surface area (Å²) in [5.41, 5.74) is 6.78. The molecule has 0 aliphatic heterocycles. The third-order valence-electron chi connectivity index (χ3n) is 2.84. The molecule has 0 unspecified atom stereocenters. The molecular formula is C13H11N5OS. The van der Waals surface area contributed by atoms with Crippen LogP contribution in [0.2, 0.25) is 0 Å². The van der Waals surface area contributed by atoms with Crippen molar-refractivity contribution in [2.24, 2.45) is 5.73 Å². The summed E-state index contributed by atoms with van der Waals surface area (Å²) in [5, 5.41) is 13.8. The van der Waals surface area contributed by atoms with E-state index in [0.29, 0.717) is 17.8 Å². The van der Waals surface area contributed by atoms with Crippen molar-refractivity contribution in [1.29, 1.82) is 0 Å². The normalized spacial score (nSPS) is 10.6. The molecule has 2 aromatic heterocycles. The molecule has 0 bridgehead atoms. The van der Waals surface area contributed by atoms with Gasteiger partial charge in [0.1, 0.15) is 0 Å². The van der Waals surface area contributed by atoms with E-state index in [0.717, 1.165) is 15.3 Å². The molecule has 0 aliphatic carbocycles. The monoisotopic (exact) mass is 285 g/mol. The average Bonchev–Trinajstić information content (AvgIpc) is 3.11. The standard InChI is InChI=1S/C13H11N5OS/c14-13(19)10-4-2-1-3-9(10)11-6-5-8(20-11)7-12-15-17-18-16-12/h1-6H,7H2,(H2,14,19)(H,15,16,17,18). The van der Waals surface area contributed by atoms with Crippen LogP contribution < -0.4 is 5.73 Å². The lowest BCUT2D eigenvalue weighted by Gasteiger charge is -2.03. The van der Waals surface area contributed by atoms with Crippen LogP contribution >= 0.6 is 11.3 Å². The number of hydrogen-bond acceptors (Lipinski definition) is 5. The molecule has 20 heavy (non-hydrogen) atoms. The molecule has 6 nitrogen and oxygen atoms in total. The van der Waals surface area contributed by atoms with Crippen molar-refractivity contribution in [1.82, 2.24) is 20.6 Å². The van der Waals surface area contributed by atoms with Crippen molar-refractivity contribution in [2.45, 2.75) is 6.42 Å². The number of tetrazole rings is 1. The van der Waals surface area contributed by atoms with Crippen LogP contribution in [-0.2, 0) is 6.42 Å². The fourth-order valence-electron chi connectivity index (χ4n) is 1.94. The first-order valence-electron chi connectivity index (χ1n) is 5.94. The van der Waals surface area contributed by atoms with Gasteiger partial charge >= 0.3 is 0 Å². The second-order valence-corrected chi connectivity index (χ2v) is 5.35. The molecule has 1 aromatic carbocycles. The molecule has 3 aromatic rings. The maximum Gasteiger partial charge on any atom is 0.249 e. The summed E-state index contributed by atoms with van der Waals surface area (Å²) in [6, 6.07) is 11.3. The Morgan fingerprint density at radius 2 is 2.10 bits per heavy atom. The van der Waals surface area contributed by atoms with Crippen LogP contribution in [0.5, 0.6) is 0 Å². The van der Waals surface area contributed by atoms with Crippen LogP contribution in [0.4, 0.5) is 0 Å². The van der Waals surface area contributed by atoms with Crippen LogP contribution in [-0.4, -0.2) is 26.5 Å². The predicted molar refractivity (Wildman–Crippen MR) is 75.3 cm³/mol. The van der Waals surface area contributed by atoms with Gasteiger partial charge in [-0.25, -0.2) is 0 Å². The molecule has 3 rings (SSSR count). The van der Waals surface area contributed by atoms with Gasteiger partial charge in [-0.2, -0.15) is 5.21 Å². The average molecular weight is 285 g/mol. The summed E-state index contributed by atoms with van der Waals surface area (Å²) >= 11 is 1.59. The third-order valence-corrected chi connectivity index (χ3v) is 3.96. The van der Waals surface area contributed by atoms with Crippen molar-refractivity contribution < 1.29 is 4.79 Å². The van der Waals surface area contributed by atoms with E-state index < -0.39 is 5.91 Å². The van der Waals surface area contributed by atoms with Crippen molar-refractivity contribution in [3.8, 4) is 10.4 Å². The Morgan fingerprint density at radius 3 is 2.85 bits per heavy atom. The van der Waals surface area contributed by atoms with Gasteiger partial charge in [-0.3, -0.25) is 4.79 Å². The minimum absolute atomic E-state index is 0.422. The van der Waals surface area contributed by atoms with Gasteiger partial charge in [-0.15, -0.1) is 21.5 Å². The number of carbonyl (C=O) groups is 1. The number of aromatic nitrogens is 4. The maximum absolute atomic E-state index is 11.5. The summed E-state index contributed by atoms with van der Waals surface area (Å²) < 4.78 is 0. The van der Waals surface area contributed by atoms with E-state index in [1.165, 1.54) is 0 Å². The highest BCUT2D eigenvalue weighted by Gasteiger charge is 2.12. The second-order valence-electron chi connectivity index (χ2n) is 4.18. The first-order chi connectivity index (χ1) is 9.74. The van der Waals surface area contributed by atoms with Crippen LogP contribution in [0.1, 0.15) is 21.1 Å². The van der Waals surface area contributed by atoms with E-state index in [1.807, 2.05) is 24.3 Å².